The molecule has 90 valence electrons. The van der Waals surface area contributed by atoms with Gasteiger partial charge in [0.1, 0.15) is 0 Å². The van der Waals surface area contributed by atoms with E-state index in [9.17, 15) is 0 Å². The second kappa shape index (κ2) is 8.36. The van der Waals surface area contributed by atoms with Gasteiger partial charge in [-0.3, -0.25) is 5.32 Å². The van der Waals surface area contributed by atoms with Crippen LogP contribution in [0.2, 0.25) is 0 Å². The fraction of sp³-hybridized carbons (Fsp3) is 0. The van der Waals surface area contributed by atoms with Gasteiger partial charge >= 0.3 is 0 Å². The van der Waals surface area contributed by atoms with E-state index >= 15 is 0 Å². The molecule has 0 radical (unpaired) electrons. The number of rotatable bonds is 2. The summed E-state index contributed by atoms with van der Waals surface area (Å²) in [7, 11) is 0. The van der Waals surface area contributed by atoms with Crippen molar-refractivity contribution in [2.75, 3.05) is 5.32 Å². The van der Waals surface area contributed by atoms with Crippen LogP contribution in [0, 0.1) is 11.5 Å². The van der Waals surface area contributed by atoms with Crippen molar-refractivity contribution in [2.45, 2.75) is 0 Å². The molecule has 0 aliphatic rings. The van der Waals surface area contributed by atoms with Gasteiger partial charge in [0.25, 0.3) is 0 Å². The second-order valence-corrected chi connectivity index (χ2v) is 3.22. The Morgan fingerprint density at radius 3 is 2.06 bits per heavy atom. The van der Waals surface area contributed by atoms with Crippen LogP contribution in [-0.2, 0) is 0 Å². The van der Waals surface area contributed by atoms with Gasteiger partial charge in [0.15, 0.2) is 6.19 Å². The van der Waals surface area contributed by atoms with E-state index < -0.39 is 0 Å². The fourth-order valence-electron chi connectivity index (χ4n) is 1.19. The van der Waals surface area contributed by atoms with E-state index in [2.05, 4.69) is 10.3 Å². The van der Waals surface area contributed by atoms with Gasteiger partial charge < -0.3 is 5.73 Å². The Morgan fingerprint density at radius 2 is 1.56 bits per heavy atom. The van der Waals surface area contributed by atoms with Crippen molar-refractivity contribution in [2.24, 2.45) is 10.7 Å². The highest BCUT2D eigenvalue weighted by atomic mass is 14.9. The number of anilines is 1. The van der Waals surface area contributed by atoms with E-state index in [0.717, 1.165) is 11.4 Å². The molecule has 0 aliphatic heterocycles. The predicted octanol–water partition coefficient (Wildman–Crippen LogP) is 2.88. The Hall–Kier alpha value is -2.80. The molecule has 0 saturated carbocycles. The summed E-state index contributed by atoms with van der Waals surface area (Å²) >= 11 is 0. The topological polar surface area (TPSA) is 74.2 Å². The highest BCUT2D eigenvalue weighted by molar-refractivity contribution is 5.58. The third-order valence-electron chi connectivity index (χ3n) is 1.95. The molecule has 0 spiro atoms. The molecule has 0 amide bonds. The van der Waals surface area contributed by atoms with Crippen LogP contribution in [-0.4, -0.2) is 6.34 Å². The van der Waals surface area contributed by atoms with E-state index in [0.29, 0.717) is 0 Å². The number of para-hydroxylation sites is 2. The molecule has 4 nitrogen and oxygen atoms in total. The maximum atomic E-state index is 8.16. The molecule has 0 saturated heterocycles. The van der Waals surface area contributed by atoms with Gasteiger partial charge in [0.05, 0.1) is 12.0 Å². The van der Waals surface area contributed by atoms with Crippen LogP contribution in [0.5, 0.6) is 0 Å². The molecule has 0 bridgehead atoms. The zero-order chi connectivity index (χ0) is 13.1. The fourth-order valence-corrected chi connectivity index (χ4v) is 1.19. The summed E-state index contributed by atoms with van der Waals surface area (Å²) in [6.45, 7) is 0. The highest BCUT2D eigenvalue weighted by Gasteiger charge is 1.81. The third kappa shape index (κ3) is 5.33. The molecule has 0 atom stereocenters. The number of hydrogen-bond acceptors (Lipinski definition) is 3. The third-order valence-corrected chi connectivity index (χ3v) is 1.95. The first-order chi connectivity index (χ1) is 8.86. The molecule has 4 heteroatoms. The normalized spacial score (nSPS) is 9.06. The lowest BCUT2D eigenvalue weighted by molar-refractivity contribution is 1.47. The average molecular weight is 238 g/mol. The lowest BCUT2D eigenvalue weighted by Gasteiger charge is -1.91. The molecule has 0 fully saturated rings. The van der Waals surface area contributed by atoms with Crippen molar-refractivity contribution in [1.29, 1.82) is 5.26 Å². The number of nitriles is 1. The van der Waals surface area contributed by atoms with Crippen LogP contribution in [0.3, 0.4) is 0 Å². The number of aliphatic imine (C=N–C) groups is 1. The Kier molecular flexibility index (Phi) is 6.16. The number of nitrogens with one attached hydrogen (secondary N) is 1. The van der Waals surface area contributed by atoms with Gasteiger partial charge in [0, 0.05) is 5.69 Å². The summed E-state index contributed by atoms with van der Waals surface area (Å²) < 4.78 is 0. The molecule has 18 heavy (non-hydrogen) atoms. The molecule has 2 rings (SSSR count). The Morgan fingerprint density at radius 1 is 1.00 bits per heavy atom. The van der Waals surface area contributed by atoms with Crippen molar-refractivity contribution in [3.8, 4) is 6.19 Å². The van der Waals surface area contributed by atoms with E-state index in [1.54, 1.807) is 0 Å². The minimum absolute atomic E-state index is 0.833. The zero-order valence-electron chi connectivity index (χ0n) is 9.82. The Bertz CT molecular complexity index is 500. The van der Waals surface area contributed by atoms with E-state index in [4.69, 9.17) is 11.0 Å². The van der Waals surface area contributed by atoms with Crippen LogP contribution >= 0.6 is 0 Å². The Balaban J connectivity index is 0.000000180. The quantitative estimate of drug-likeness (QED) is 0.365. The summed E-state index contributed by atoms with van der Waals surface area (Å²) in [6.07, 6.45) is 3.12. The first kappa shape index (κ1) is 13.3. The van der Waals surface area contributed by atoms with Crippen molar-refractivity contribution in [3.05, 3.63) is 60.7 Å². The molecule has 0 unspecified atom stereocenters. The number of nitrogens with zero attached hydrogens (tertiary/aromatic N) is 2. The van der Waals surface area contributed by atoms with Gasteiger partial charge in [0.2, 0.25) is 0 Å². The molecule has 0 heterocycles. The molecule has 2 aromatic rings. The van der Waals surface area contributed by atoms with Gasteiger partial charge in [-0.25, -0.2) is 4.99 Å². The SMILES string of the molecule is N#CNc1ccccc1.NC=Nc1ccccc1. The molecule has 2 aromatic carbocycles. The predicted molar refractivity (Wildman–Crippen MR) is 74.5 cm³/mol. The number of benzene rings is 2. The van der Waals surface area contributed by atoms with Gasteiger partial charge in [-0.15, -0.1) is 0 Å². The van der Waals surface area contributed by atoms with Crippen molar-refractivity contribution < 1.29 is 0 Å². The van der Waals surface area contributed by atoms with Crippen LogP contribution in [0.4, 0.5) is 11.4 Å². The Labute approximate surface area is 106 Å². The van der Waals surface area contributed by atoms with Crippen LogP contribution in [0.25, 0.3) is 0 Å². The van der Waals surface area contributed by atoms with Crippen molar-refractivity contribution in [1.82, 2.24) is 0 Å². The molecule has 3 N–H and O–H groups in total. The molecular weight excluding hydrogens is 224 g/mol. The molecule has 0 aliphatic carbocycles. The van der Waals surface area contributed by atoms with Crippen LogP contribution < -0.4 is 11.1 Å². The lowest BCUT2D eigenvalue weighted by atomic mass is 10.3. The first-order valence-electron chi connectivity index (χ1n) is 5.36. The maximum absolute atomic E-state index is 8.16. The monoisotopic (exact) mass is 238 g/mol. The number of hydrogen-bond donors (Lipinski definition) is 2. The van der Waals surface area contributed by atoms with Gasteiger partial charge in [-0.1, -0.05) is 36.4 Å². The zero-order valence-corrected chi connectivity index (χ0v) is 9.82. The second-order valence-electron chi connectivity index (χ2n) is 3.22. The van der Waals surface area contributed by atoms with E-state index in [-0.39, 0.29) is 0 Å². The van der Waals surface area contributed by atoms with Crippen molar-refractivity contribution in [3.63, 3.8) is 0 Å². The van der Waals surface area contributed by atoms with Gasteiger partial charge in [-0.2, -0.15) is 5.26 Å². The average Bonchev–Trinajstić information content (AvgIpc) is 2.43. The summed E-state index contributed by atoms with van der Waals surface area (Å²) in [5.74, 6) is 0. The minimum Gasteiger partial charge on any atom is -0.390 e. The standard InChI is InChI=1S/C7H8N2.C7H6N2/c2*8-6-9-7-4-2-1-3-5-7/h1-6H,(H2,8,9);1-5,9H. The maximum Gasteiger partial charge on any atom is 0.181 e. The highest BCUT2D eigenvalue weighted by Crippen LogP contribution is 2.07. The number of nitrogens with two attached hydrogens (primary N) is 1. The molecular formula is C14H14N4. The summed E-state index contributed by atoms with van der Waals surface area (Å²) in [5, 5.41) is 10.7. The smallest absolute Gasteiger partial charge is 0.181 e. The van der Waals surface area contributed by atoms with E-state index in [1.165, 1.54) is 6.34 Å². The van der Waals surface area contributed by atoms with Crippen LogP contribution in [0.15, 0.2) is 65.7 Å². The summed E-state index contributed by atoms with van der Waals surface area (Å²) in [4.78, 5) is 3.86. The molecule has 0 aromatic heterocycles. The minimum atomic E-state index is 0.833. The van der Waals surface area contributed by atoms with Crippen LogP contribution in [0.1, 0.15) is 0 Å². The first-order valence-corrected chi connectivity index (χ1v) is 5.36. The van der Waals surface area contributed by atoms with Gasteiger partial charge in [-0.05, 0) is 24.3 Å². The lowest BCUT2D eigenvalue weighted by Crippen LogP contribution is -1.85. The summed E-state index contributed by atoms with van der Waals surface area (Å²) in [5.41, 5.74) is 6.79. The van der Waals surface area contributed by atoms with Crippen molar-refractivity contribution >= 4 is 17.7 Å². The largest absolute Gasteiger partial charge is 0.390 e. The summed E-state index contributed by atoms with van der Waals surface area (Å²) in [6, 6.07) is 18.9. The van der Waals surface area contributed by atoms with E-state index in [1.807, 2.05) is 66.9 Å².